The molecule has 0 aromatic rings. The number of aliphatic hydroxyl groups excluding tert-OH is 5. The van der Waals surface area contributed by atoms with Gasteiger partial charge in [0.05, 0.1) is 25.4 Å². The maximum absolute atomic E-state index is 13.2. The number of carbonyl (C=O) groups is 1. The minimum atomic E-state index is -5.13. The van der Waals surface area contributed by atoms with Crippen LogP contribution in [0.3, 0.4) is 0 Å². The largest absolute Gasteiger partial charge is 0.397 e. The lowest BCUT2D eigenvalue weighted by molar-refractivity contribution is -0.298. The Morgan fingerprint density at radius 3 is 1.35 bits per heavy atom. The highest BCUT2D eigenvalue weighted by Crippen LogP contribution is 2.26. The number of unbranched alkanes of at least 4 members (excludes halogenated alkanes) is 30. The molecule has 1 rings (SSSR count). The Hall–Kier alpha value is -1.98. The molecule has 1 saturated heterocycles. The molecule has 0 aliphatic carbocycles. The molecule has 13 nitrogen and oxygen atoms in total. The van der Waals surface area contributed by atoms with Gasteiger partial charge in [0.2, 0.25) is 5.91 Å². The van der Waals surface area contributed by atoms with Gasteiger partial charge in [-0.25, -0.2) is 4.18 Å². The van der Waals surface area contributed by atoms with Gasteiger partial charge in [-0.2, -0.15) is 8.42 Å². The van der Waals surface area contributed by atoms with Gasteiger partial charge in [-0.15, -0.1) is 0 Å². The lowest BCUT2D eigenvalue weighted by atomic mass is 9.99. The molecule has 71 heavy (non-hydrogen) atoms. The van der Waals surface area contributed by atoms with Crippen molar-refractivity contribution < 1.29 is 57.0 Å². The first-order valence-corrected chi connectivity index (χ1v) is 30.0. The summed E-state index contributed by atoms with van der Waals surface area (Å²) in [5.41, 5.74) is 0. The minimum absolute atomic E-state index is 0.226. The average Bonchev–Trinajstić information content (AvgIpc) is 3.35. The van der Waals surface area contributed by atoms with E-state index in [0.717, 1.165) is 70.6 Å². The summed E-state index contributed by atoms with van der Waals surface area (Å²) >= 11 is 0. The molecule has 1 heterocycles. The number of hydrogen-bond acceptors (Lipinski definition) is 11. The second kappa shape index (κ2) is 46.5. The van der Waals surface area contributed by atoms with E-state index in [1.807, 2.05) is 0 Å². The summed E-state index contributed by atoms with van der Waals surface area (Å²) in [5, 5.41) is 55.5. The van der Waals surface area contributed by atoms with Crippen LogP contribution in [0.4, 0.5) is 0 Å². The van der Waals surface area contributed by atoms with Gasteiger partial charge < -0.3 is 40.3 Å². The number of amides is 1. The Balaban J connectivity index is 2.49. The molecular formula is C57H105NO12S. The van der Waals surface area contributed by atoms with Crippen molar-refractivity contribution in [3.8, 4) is 0 Å². The Labute approximate surface area is 432 Å². The molecular weight excluding hydrogens is 923 g/mol. The van der Waals surface area contributed by atoms with Gasteiger partial charge in [-0.05, 0) is 70.6 Å². The molecule has 0 bridgehead atoms. The monoisotopic (exact) mass is 1030 g/mol. The Morgan fingerprint density at radius 2 is 0.944 bits per heavy atom. The Bertz CT molecular complexity index is 1460. The minimum Gasteiger partial charge on any atom is -0.394 e. The second-order valence-electron chi connectivity index (χ2n) is 20.0. The molecule has 7 N–H and O–H groups in total. The van der Waals surface area contributed by atoms with Crippen molar-refractivity contribution in [2.45, 2.75) is 294 Å². The summed E-state index contributed by atoms with van der Waals surface area (Å²) in [5.74, 6) is -0.719. The van der Waals surface area contributed by atoms with Crippen LogP contribution < -0.4 is 5.32 Å². The summed E-state index contributed by atoms with van der Waals surface area (Å²) in [6.45, 7) is 3.23. The van der Waals surface area contributed by atoms with Crippen molar-refractivity contribution >= 4 is 16.3 Å². The van der Waals surface area contributed by atoms with E-state index in [1.165, 1.54) is 147 Å². The molecule has 1 aliphatic rings. The quantitative estimate of drug-likeness (QED) is 0.0172. The predicted octanol–water partition coefficient (Wildman–Crippen LogP) is 12.1. The Kier molecular flexibility index (Phi) is 43.9. The number of carbonyl (C=O) groups excluding carboxylic acids is 1. The fourth-order valence-corrected chi connectivity index (χ4v) is 9.41. The number of aliphatic hydroxyl groups is 5. The van der Waals surface area contributed by atoms with Crippen LogP contribution in [0.15, 0.2) is 48.6 Å². The van der Waals surface area contributed by atoms with Crippen LogP contribution >= 0.6 is 0 Å². The molecule has 8 unspecified atom stereocenters. The van der Waals surface area contributed by atoms with Crippen molar-refractivity contribution in [2.24, 2.45) is 0 Å². The van der Waals surface area contributed by atoms with E-state index in [-0.39, 0.29) is 6.42 Å². The topological polar surface area (TPSA) is 212 Å². The van der Waals surface area contributed by atoms with Gasteiger partial charge in [0.15, 0.2) is 6.29 Å². The normalized spacial score (nSPS) is 20.3. The van der Waals surface area contributed by atoms with Gasteiger partial charge in [0.1, 0.15) is 30.5 Å². The summed E-state index contributed by atoms with van der Waals surface area (Å²) in [7, 11) is -5.13. The third kappa shape index (κ3) is 38.3. The average molecular weight is 1030 g/mol. The highest BCUT2D eigenvalue weighted by Gasteiger charge is 2.48. The summed E-state index contributed by atoms with van der Waals surface area (Å²) in [4.78, 5) is 13.2. The SMILES string of the molecule is CCCCCCCCCCCCC/C=C\CCCCCCCCC(O)C(=O)NC(COC1OC(CO)C(O)C(OS(=O)(=O)O)C1O)C(O)/C=C/CC/C=C/CC/C=C/CCCCCCCCCCCCC. The smallest absolute Gasteiger partial charge is 0.394 e. The molecule has 0 aromatic carbocycles. The van der Waals surface area contributed by atoms with E-state index in [9.17, 15) is 43.3 Å². The van der Waals surface area contributed by atoms with Gasteiger partial charge in [0.25, 0.3) is 0 Å². The lowest BCUT2D eigenvalue weighted by Crippen LogP contribution is -2.61. The third-order valence-corrected chi connectivity index (χ3v) is 13.9. The van der Waals surface area contributed by atoms with Gasteiger partial charge in [-0.3, -0.25) is 9.35 Å². The highest BCUT2D eigenvalue weighted by molar-refractivity contribution is 7.80. The van der Waals surface area contributed by atoms with Crippen LogP contribution in [0.5, 0.6) is 0 Å². The number of allylic oxidation sites excluding steroid dienone is 7. The molecule has 1 fully saturated rings. The lowest BCUT2D eigenvalue weighted by Gasteiger charge is -2.41. The summed E-state index contributed by atoms with van der Waals surface area (Å²) in [6, 6.07) is -1.15. The number of nitrogens with one attached hydrogen (secondary N) is 1. The first kappa shape index (κ1) is 67.0. The molecule has 0 radical (unpaired) electrons. The zero-order chi connectivity index (χ0) is 52.1. The molecule has 14 heteroatoms. The van der Waals surface area contributed by atoms with Crippen molar-refractivity contribution in [3.63, 3.8) is 0 Å². The van der Waals surface area contributed by atoms with Crippen molar-refractivity contribution in [2.75, 3.05) is 13.2 Å². The molecule has 0 aromatic heterocycles. The van der Waals surface area contributed by atoms with Crippen LogP contribution in [0.1, 0.15) is 245 Å². The number of hydrogen-bond donors (Lipinski definition) is 7. The fraction of sp³-hybridized carbons (Fsp3) is 0.842. The van der Waals surface area contributed by atoms with Crippen LogP contribution in [-0.4, -0.2) is 107 Å². The summed E-state index contributed by atoms with van der Waals surface area (Å²) < 4.78 is 47.7. The second-order valence-corrected chi connectivity index (χ2v) is 21.0. The fourth-order valence-electron chi connectivity index (χ4n) is 8.90. The maximum atomic E-state index is 13.2. The van der Waals surface area contributed by atoms with Gasteiger partial charge in [-0.1, -0.05) is 223 Å². The zero-order valence-electron chi connectivity index (χ0n) is 44.6. The highest BCUT2D eigenvalue weighted by atomic mass is 32.3. The molecule has 1 amide bonds. The number of ether oxygens (including phenoxy) is 2. The maximum Gasteiger partial charge on any atom is 0.397 e. The van der Waals surface area contributed by atoms with Crippen molar-refractivity contribution in [3.05, 3.63) is 48.6 Å². The van der Waals surface area contributed by atoms with Gasteiger partial charge in [0, 0.05) is 0 Å². The van der Waals surface area contributed by atoms with Crippen LogP contribution in [0, 0.1) is 0 Å². The van der Waals surface area contributed by atoms with Gasteiger partial charge >= 0.3 is 10.4 Å². The molecule has 416 valence electrons. The van der Waals surface area contributed by atoms with E-state index in [4.69, 9.17) is 9.47 Å². The van der Waals surface area contributed by atoms with E-state index in [1.54, 1.807) is 6.08 Å². The molecule has 0 saturated carbocycles. The molecule has 8 atom stereocenters. The summed E-state index contributed by atoms with van der Waals surface area (Å²) in [6.07, 6.45) is 47.6. The number of rotatable bonds is 49. The van der Waals surface area contributed by atoms with Crippen molar-refractivity contribution in [1.29, 1.82) is 0 Å². The van der Waals surface area contributed by atoms with E-state index < -0.39 is 78.5 Å². The Morgan fingerprint density at radius 1 is 0.563 bits per heavy atom. The third-order valence-electron chi connectivity index (χ3n) is 13.4. The molecule has 0 spiro atoms. The first-order chi connectivity index (χ1) is 34.4. The van der Waals surface area contributed by atoms with Crippen molar-refractivity contribution in [1.82, 2.24) is 5.32 Å². The first-order valence-electron chi connectivity index (χ1n) is 28.6. The zero-order valence-corrected chi connectivity index (χ0v) is 45.5. The standard InChI is InChI=1S/C57H105NO12S/c1-3-5-7-9-11-13-15-17-19-21-23-25-27-29-31-33-35-37-39-41-43-45-50(60)49(48-68-57-54(63)55(70-71(65,66)67)53(62)52(47-59)69-57)58-56(64)51(61)46-44-42-40-38-36-34-32-30-28-26-24-22-20-18-16-14-12-10-8-6-4-2/h27-30,35,37,43,45,49-55,57,59-63H,3-26,31-34,36,38-42,44,46-48H2,1-2H3,(H,58,64)(H,65,66,67)/b29-27+,30-28-,37-35+,45-43+. The van der Waals surface area contributed by atoms with Crippen LogP contribution in [0.2, 0.25) is 0 Å². The molecule has 1 aliphatic heterocycles. The van der Waals surface area contributed by atoms with Crippen LogP contribution in [0.25, 0.3) is 0 Å². The predicted molar refractivity (Wildman–Crippen MR) is 288 cm³/mol. The van der Waals surface area contributed by atoms with E-state index >= 15 is 0 Å². The van der Waals surface area contributed by atoms with E-state index in [2.05, 4.69) is 59.8 Å². The van der Waals surface area contributed by atoms with E-state index in [0.29, 0.717) is 12.8 Å². The van der Waals surface area contributed by atoms with Crippen LogP contribution in [-0.2, 0) is 28.9 Å².